The van der Waals surface area contributed by atoms with Crippen LogP contribution in [0.3, 0.4) is 0 Å². The first-order valence-corrected chi connectivity index (χ1v) is 6.99. The SMILES string of the molecule is Br[C@H]1CCO[C@@H](c2ccc3ccccc3c2)C1. The molecule has 88 valence electrons. The molecule has 2 aromatic rings. The first kappa shape index (κ1) is 11.2. The van der Waals surface area contributed by atoms with Crippen LogP contribution in [0.5, 0.6) is 0 Å². The molecule has 0 saturated carbocycles. The van der Waals surface area contributed by atoms with E-state index in [9.17, 15) is 0 Å². The van der Waals surface area contributed by atoms with Crippen molar-refractivity contribution in [3.63, 3.8) is 0 Å². The number of fused-ring (bicyclic) bond motifs is 1. The summed E-state index contributed by atoms with van der Waals surface area (Å²) >= 11 is 3.70. The van der Waals surface area contributed by atoms with Gasteiger partial charge in [-0.1, -0.05) is 52.3 Å². The number of halogens is 1. The van der Waals surface area contributed by atoms with Gasteiger partial charge in [-0.2, -0.15) is 0 Å². The van der Waals surface area contributed by atoms with Gasteiger partial charge in [-0.15, -0.1) is 0 Å². The van der Waals surface area contributed by atoms with Crippen molar-refractivity contribution >= 4 is 26.7 Å². The maximum atomic E-state index is 5.85. The molecule has 1 aliphatic rings. The van der Waals surface area contributed by atoms with E-state index in [0.29, 0.717) is 4.83 Å². The first-order valence-electron chi connectivity index (χ1n) is 6.07. The van der Waals surface area contributed by atoms with Crippen molar-refractivity contribution in [2.45, 2.75) is 23.8 Å². The van der Waals surface area contributed by atoms with Crippen molar-refractivity contribution in [3.05, 3.63) is 48.0 Å². The summed E-state index contributed by atoms with van der Waals surface area (Å²) in [4.78, 5) is 0.590. The predicted molar refractivity (Wildman–Crippen MR) is 74.6 cm³/mol. The zero-order valence-electron chi connectivity index (χ0n) is 9.60. The van der Waals surface area contributed by atoms with E-state index in [0.717, 1.165) is 19.4 Å². The second kappa shape index (κ2) is 4.79. The molecular formula is C15H15BrO. The van der Waals surface area contributed by atoms with E-state index in [-0.39, 0.29) is 6.10 Å². The van der Waals surface area contributed by atoms with E-state index in [1.165, 1.54) is 16.3 Å². The molecule has 2 heteroatoms. The average Bonchev–Trinajstić information content (AvgIpc) is 2.38. The quantitative estimate of drug-likeness (QED) is 0.705. The van der Waals surface area contributed by atoms with Crippen molar-refractivity contribution in [2.24, 2.45) is 0 Å². The summed E-state index contributed by atoms with van der Waals surface area (Å²) < 4.78 is 5.85. The molecule has 0 N–H and O–H groups in total. The Hall–Kier alpha value is -0.860. The van der Waals surface area contributed by atoms with E-state index in [1.54, 1.807) is 0 Å². The fourth-order valence-electron chi connectivity index (χ4n) is 2.40. The lowest BCUT2D eigenvalue weighted by molar-refractivity contribution is 0.0188. The van der Waals surface area contributed by atoms with Crippen molar-refractivity contribution in [3.8, 4) is 0 Å². The van der Waals surface area contributed by atoms with Crippen LogP contribution in [-0.2, 0) is 4.74 Å². The van der Waals surface area contributed by atoms with Crippen LogP contribution in [0.25, 0.3) is 10.8 Å². The van der Waals surface area contributed by atoms with Crippen LogP contribution in [-0.4, -0.2) is 11.4 Å². The van der Waals surface area contributed by atoms with Gasteiger partial charge in [-0.05, 0) is 35.2 Å². The van der Waals surface area contributed by atoms with E-state index in [4.69, 9.17) is 4.74 Å². The summed E-state index contributed by atoms with van der Waals surface area (Å²) in [7, 11) is 0. The Morgan fingerprint density at radius 2 is 1.88 bits per heavy atom. The van der Waals surface area contributed by atoms with E-state index < -0.39 is 0 Å². The number of benzene rings is 2. The van der Waals surface area contributed by atoms with Gasteiger partial charge in [0, 0.05) is 11.4 Å². The second-order valence-corrected chi connectivity index (χ2v) is 5.88. The molecule has 1 fully saturated rings. The maximum Gasteiger partial charge on any atom is 0.0835 e. The molecule has 1 nitrogen and oxygen atoms in total. The third-order valence-corrected chi connectivity index (χ3v) is 4.20. The minimum absolute atomic E-state index is 0.248. The summed E-state index contributed by atoms with van der Waals surface area (Å²) in [6.45, 7) is 0.855. The number of hydrogen-bond donors (Lipinski definition) is 0. The van der Waals surface area contributed by atoms with Crippen molar-refractivity contribution in [1.82, 2.24) is 0 Å². The molecule has 1 saturated heterocycles. The highest BCUT2D eigenvalue weighted by Crippen LogP contribution is 2.32. The lowest BCUT2D eigenvalue weighted by atomic mass is 9.98. The minimum Gasteiger partial charge on any atom is -0.373 e. The number of hydrogen-bond acceptors (Lipinski definition) is 1. The van der Waals surface area contributed by atoms with Crippen LogP contribution in [0.4, 0.5) is 0 Å². The molecule has 0 aromatic heterocycles. The summed E-state index contributed by atoms with van der Waals surface area (Å²) in [5, 5.41) is 2.59. The van der Waals surface area contributed by atoms with Crippen LogP contribution in [0, 0.1) is 0 Å². The van der Waals surface area contributed by atoms with Gasteiger partial charge in [0.15, 0.2) is 0 Å². The largest absolute Gasteiger partial charge is 0.373 e. The minimum atomic E-state index is 0.248. The van der Waals surface area contributed by atoms with E-state index in [2.05, 4.69) is 58.4 Å². The Balaban J connectivity index is 1.94. The molecule has 0 bridgehead atoms. The van der Waals surface area contributed by atoms with Gasteiger partial charge in [0.05, 0.1) is 6.10 Å². The van der Waals surface area contributed by atoms with Crippen LogP contribution in [0.15, 0.2) is 42.5 Å². The third kappa shape index (κ3) is 2.38. The molecule has 0 unspecified atom stereocenters. The van der Waals surface area contributed by atoms with Crippen molar-refractivity contribution < 1.29 is 4.74 Å². The molecular weight excluding hydrogens is 276 g/mol. The Morgan fingerprint density at radius 1 is 1.06 bits per heavy atom. The highest BCUT2D eigenvalue weighted by atomic mass is 79.9. The highest BCUT2D eigenvalue weighted by molar-refractivity contribution is 9.09. The monoisotopic (exact) mass is 290 g/mol. The zero-order valence-corrected chi connectivity index (χ0v) is 11.2. The topological polar surface area (TPSA) is 9.23 Å². The molecule has 1 heterocycles. The normalized spacial score (nSPS) is 25.0. The van der Waals surface area contributed by atoms with Crippen LogP contribution in [0.1, 0.15) is 24.5 Å². The van der Waals surface area contributed by atoms with Gasteiger partial charge in [0.2, 0.25) is 0 Å². The number of ether oxygens (including phenoxy) is 1. The Bertz CT molecular complexity index is 523. The zero-order chi connectivity index (χ0) is 11.7. The molecule has 2 atom stereocenters. The highest BCUT2D eigenvalue weighted by Gasteiger charge is 2.21. The van der Waals surface area contributed by atoms with Crippen LogP contribution in [0.2, 0.25) is 0 Å². The van der Waals surface area contributed by atoms with E-state index in [1.807, 2.05) is 0 Å². The van der Waals surface area contributed by atoms with Gasteiger partial charge < -0.3 is 4.74 Å². The first-order chi connectivity index (χ1) is 8.33. The summed E-state index contributed by atoms with van der Waals surface area (Å²) in [6, 6.07) is 15.1. The van der Waals surface area contributed by atoms with Crippen molar-refractivity contribution in [2.75, 3.05) is 6.61 Å². The standard InChI is InChI=1S/C15H15BrO/c16-14-7-8-17-15(10-14)13-6-5-11-3-1-2-4-12(11)9-13/h1-6,9,14-15H,7-8,10H2/t14-,15+/m0/s1. The van der Waals surface area contributed by atoms with Gasteiger partial charge >= 0.3 is 0 Å². The Labute approximate surface area is 110 Å². The average molecular weight is 291 g/mol. The molecule has 2 aromatic carbocycles. The molecule has 1 aliphatic heterocycles. The van der Waals surface area contributed by atoms with Gasteiger partial charge in [-0.25, -0.2) is 0 Å². The van der Waals surface area contributed by atoms with E-state index >= 15 is 0 Å². The summed E-state index contributed by atoms with van der Waals surface area (Å²) in [6.07, 6.45) is 2.43. The predicted octanol–water partition coefficient (Wildman–Crippen LogP) is 4.45. The van der Waals surface area contributed by atoms with Gasteiger partial charge in [-0.3, -0.25) is 0 Å². The van der Waals surface area contributed by atoms with Crippen LogP contribution < -0.4 is 0 Å². The molecule has 0 spiro atoms. The molecule has 0 aliphatic carbocycles. The summed E-state index contributed by atoms with van der Waals surface area (Å²) in [5.74, 6) is 0. The Morgan fingerprint density at radius 3 is 2.71 bits per heavy atom. The van der Waals surface area contributed by atoms with Gasteiger partial charge in [0.25, 0.3) is 0 Å². The number of alkyl halides is 1. The van der Waals surface area contributed by atoms with Gasteiger partial charge in [0.1, 0.15) is 0 Å². The fraction of sp³-hybridized carbons (Fsp3) is 0.333. The smallest absolute Gasteiger partial charge is 0.0835 e. The lowest BCUT2D eigenvalue weighted by Gasteiger charge is -2.26. The summed E-state index contributed by atoms with van der Waals surface area (Å²) in [5.41, 5.74) is 1.30. The number of rotatable bonds is 1. The van der Waals surface area contributed by atoms with Crippen LogP contribution >= 0.6 is 15.9 Å². The molecule has 0 amide bonds. The maximum absolute atomic E-state index is 5.85. The molecule has 3 rings (SSSR count). The lowest BCUT2D eigenvalue weighted by Crippen LogP contribution is -2.19. The molecule has 17 heavy (non-hydrogen) atoms. The Kier molecular flexibility index (Phi) is 3.17. The third-order valence-electron chi connectivity index (χ3n) is 3.37. The molecule has 0 radical (unpaired) electrons. The van der Waals surface area contributed by atoms with Crippen molar-refractivity contribution in [1.29, 1.82) is 0 Å². The fourth-order valence-corrected chi connectivity index (χ4v) is 2.92. The second-order valence-electron chi connectivity index (χ2n) is 4.59.